The van der Waals surface area contributed by atoms with E-state index in [9.17, 15) is 14.4 Å². The molecule has 0 aliphatic heterocycles. The fourth-order valence-electron chi connectivity index (χ4n) is 3.18. The molecule has 0 atom stereocenters. The van der Waals surface area contributed by atoms with Crippen LogP contribution in [0.1, 0.15) is 35.1 Å². The maximum absolute atomic E-state index is 12.8. The second-order valence-electron chi connectivity index (χ2n) is 7.52. The quantitative estimate of drug-likeness (QED) is 0.419. The molecule has 2 heterocycles. The number of anilines is 1. The molecule has 0 bridgehead atoms. The van der Waals surface area contributed by atoms with E-state index >= 15 is 0 Å². The van der Waals surface area contributed by atoms with Crippen LogP contribution in [0.4, 0.5) is 5.13 Å². The van der Waals surface area contributed by atoms with Crippen LogP contribution >= 0.6 is 22.9 Å². The van der Waals surface area contributed by atoms with Gasteiger partial charge in [-0.2, -0.15) is 0 Å². The molecule has 2 aromatic heterocycles. The molecular formula is C24H26ClN5O3S. The summed E-state index contributed by atoms with van der Waals surface area (Å²) in [5, 5.41) is 8.22. The molecule has 10 heteroatoms. The third-order valence-electron chi connectivity index (χ3n) is 4.78. The number of nitrogens with one attached hydrogen (secondary N) is 2. The fourth-order valence-corrected chi connectivity index (χ4v) is 4.03. The zero-order valence-electron chi connectivity index (χ0n) is 18.8. The lowest BCUT2D eigenvalue weighted by molar-refractivity contribution is -0.120. The molecule has 3 rings (SSSR count). The van der Waals surface area contributed by atoms with E-state index in [1.54, 1.807) is 35.8 Å². The summed E-state index contributed by atoms with van der Waals surface area (Å²) in [4.78, 5) is 47.5. The van der Waals surface area contributed by atoms with Crippen LogP contribution in [0.15, 0.2) is 54.0 Å². The summed E-state index contributed by atoms with van der Waals surface area (Å²) in [7, 11) is 0. The van der Waals surface area contributed by atoms with Crippen molar-refractivity contribution >= 4 is 45.8 Å². The lowest BCUT2D eigenvalue weighted by Gasteiger charge is -2.21. The molecule has 0 spiro atoms. The summed E-state index contributed by atoms with van der Waals surface area (Å²) in [5.41, 5.74) is 1.95. The van der Waals surface area contributed by atoms with Gasteiger partial charge in [-0.3, -0.25) is 19.4 Å². The third kappa shape index (κ3) is 7.93. The first-order chi connectivity index (χ1) is 16.4. The maximum atomic E-state index is 12.8. The number of thiazole rings is 1. The van der Waals surface area contributed by atoms with Crippen molar-refractivity contribution in [1.29, 1.82) is 0 Å². The van der Waals surface area contributed by atoms with E-state index in [1.807, 2.05) is 25.1 Å². The van der Waals surface area contributed by atoms with Gasteiger partial charge < -0.3 is 15.5 Å². The molecule has 3 aromatic rings. The fraction of sp³-hybridized carbons (Fsp3) is 0.292. The Balaban J connectivity index is 1.47. The second-order valence-corrected chi connectivity index (χ2v) is 8.82. The van der Waals surface area contributed by atoms with Gasteiger partial charge in [0.2, 0.25) is 11.8 Å². The number of amides is 3. The summed E-state index contributed by atoms with van der Waals surface area (Å²) in [6.45, 7) is 2.77. The Hall–Kier alpha value is -3.30. The molecule has 0 aliphatic carbocycles. The van der Waals surface area contributed by atoms with Crippen molar-refractivity contribution in [2.75, 3.05) is 25.0 Å². The van der Waals surface area contributed by atoms with Gasteiger partial charge in [-0.05, 0) is 42.8 Å². The number of halogens is 1. The van der Waals surface area contributed by atoms with E-state index in [1.165, 1.54) is 16.2 Å². The van der Waals surface area contributed by atoms with Crippen LogP contribution < -0.4 is 10.6 Å². The minimum atomic E-state index is -0.350. The Morgan fingerprint density at radius 2 is 1.85 bits per heavy atom. The number of carbonyl (C=O) groups excluding carboxylic acids is 3. The minimum absolute atomic E-state index is 0.0990. The zero-order chi connectivity index (χ0) is 24.3. The van der Waals surface area contributed by atoms with Crippen molar-refractivity contribution < 1.29 is 14.4 Å². The average Bonchev–Trinajstić information content (AvgIpc) is 3.25. The number of pyridine rings is 1. The van der Waals surface area contributed by atoms with Crippen molar-refractivity contribution in [3.8, 4) is 0 Å². The van der Waals surface area contributed by atoms with E-state index in [2.05, 4.69) is 20.6 Å². The van der Waals surface area contributed by atoms with Crippen LogP contribution in [-0.2, 0) is 22.4 Å². The van der Waals surface area contributed by atoms with E-state index in [4.69, 9.17) is 11.6 Å². The molecule has 0 unspecified atom stereocenters. The Kier molecular flexibility index (Phi) is 9.54. The number of benzene rings is 1. The van der Waals surface area contributed by atoms with Crippen LogP contribution in [0.5, 0.6) is 0 Å². The number of nitrogens with zero attached hydrogens (tertiary/aromatic N) is 3. The molecular weight excluding hydrogens is 474 g/mol. The predicted octanol–water partition coefficient (Wildman–Crippen LogP) is 3.58. The molecule has 8 nitrogen and oxygen atoms in total. The molecule has 3 amide bonds. The SMILES string of the molecule is CCCN(CC(=O)Nc1nc(CC(=O)NCCc2ccccn2)cs1)C(=O)c1ccc(Cl)cc1. The number of carbonyl (C=O) groups is 3. The van der Waals surface area contributed by atoms with E-state index < -0.39 is 0 Å². The number of aromatic nitrogens is 2. The molecule has 0 aliphatic rings. The lowest BCUT2D eigenvalue weighted by Crippen LogP contribution is -2.38. The van der Waals surface area contributed by atoms with Gasteiger partial charge in [0.15, 0.2) is 5.13 Å². The summed E-state index contributed by atoms with van der Waals surface area (Å²) in [6.07, 6.45) is 3.19. The molecule has 34 heavy (non-hydrogen) atoms. The molecule has 0 fully saturated rings. The van der Waals surface area contributed by atoms with Crippen LogP contribution in [0.25, 0.3) is 0 Å². The van der Waals surface area contributed by atoms with Gasteiger partial charge in [-0.1, -0.05) is 24.6 Å². The molecule has 178 valence electrons. The van der Waals surface area contributed by atoms with Gasteiger partial charge in [-0.25, -0.2) is 4.98 Å². The summed E-state index contributed by atoms with van der Waals surface area (Å²) < 4.78 is 0. The van der Waals surface area contributed by atoms with Gasteiger partial charge in [-0.15, -0.1) is 11.3 Å². The second kappa shape index (κ2) is 12.8. The summed E-state index contributed by atoms with van der Waals surface area (Å²) in [6, 6.07) is 12.2. The summed E-state index contributed by atoms with van der Waals surface area (Å²) >= 11 is 7.13. The Labute approximate surface area is 207 Å². The first kappa shape index (κ1) is 25.3. The highest BCUT2D eigenvalue weighted by Gasteiger charge is 2.19. The van der Waals surface area contributed by atoms with Crippen molar-refractivity contribution in [3.05, 3.63) is 76.0 Å². The van der Waals surface area contributed by atoms with Crippen molar-refractivity contribution in [1.82, 2.24) is 20.2 Å². The molecule has 0 saturated carbocycles. The Morgan fingerprint density at radius 3 is 2.56 bits per heavy atom. The highest BCUT2D eigenvalue weighted by atomic mass is 35.5. The van der Waals surface area contributed by atoms with Gasteiger partial charge in [0.1, 0.15) is 6.54 Å². The molecule has 1 aromatic carbocycles. The average molecular weight is 500 g/mol. The van der Waals surface area contributed by atoms with Gasteiger partial charge in [0.05, 0.1) is 12.1 Å². The first-order valence-corrected chi connectivity index (χ1v) is 12.2. The smallest absolute Gasteiger partial charge is 0.254 e. The monoisotopic (exact) mass is 499 g/mol. The minimum Gasteiger partial charge on any atom is -0.355 e. The van der Waals surface area contributed by atoms with Crippen LogP contribution in [0.3, 0.4) is 0 Å². The molecule has 2 N–H and O–H groups in total. The van der Waals surface area contributed by atoms with Crippen molar-refractivity contribution in [3.63, 3.8) is 0 Å². The predicted molar refractivity (Wildman–Crippen MR) is 133 cm³/mol. The van der Waals surface area contributed by atoms with Crippen LogP contribution in [0, 0.1) is 0 Å². The number of hydrogen-bond donors (Lipinski definition) is 2. The standard InChI is InChI=1S/C24H26ClN5O3S/c1-2-13-30(23(33)17-6-8-18(25)9-7-17)15-22(32)29-24-28-20(16-34-24)14-21(31)27-12-10-19-5-3-4-11-26-19/h3-9,11,16H,2,10,12-15H2,1H3,(H,27,31)(H,28,29,32). The lowest BCUT2D eigenvalue weighted by atomic mass is 10.2. The topological polar surface area (TPSA) is 104 Å². The summed E-state index contributed by atoms with van der Waals surface area (Å²) in [5.74, 6) is -0.742. The van der Waals surface area contributed by atoms with Crippen LogP contribution in [-0.4, -0.2) is 52.2 Å². The third-order valence-corrected chi connectivity index (χ3v) is 5.83. The van der Waals surface area contributed by atoms with Crippen molar-refractivity contribution in [2.24, 2.45) is 0 Å². The Morgan fingerprint density at radius 1 is 1.06 bits per heavy atom. The van der Waals surface area contributed by atoms with Crippen LogP contribution in [0.2, 0.25) is 5.02 Å². The number of rotatable bonds is 11. The van der Waals surface area contributed by atoms with Gasteiger partial charge in [0.25, 0.3) is 5.91 Å². The van der Waals surface area contributed by atoms with Crippen molar-refractivity contribution in [2.45, 2.75) is 26.2 Å². The van der Waals surface area contributed by atoms with E-state index in [-0.39, 0.29) is 30.7 Å². The first-order valence-electron chi connectivity index (χ1n) is 10.9. The maximum Gasteiger partial charge on any atom is 0.254 e. The Bertz CT molecular complexity index is 1110. The molecule has 0 radical (unpaired) electrons. The normalized spacial score (nSPS) is 10.5. The zero-order valence-corrected chi connectivity index (χ0v) is 20.4. The largest absolute Gasteiger partial charge is 0.355 e. The van der Waals surface area contributed by atoms with E-state index in [0.29, 0.717) is 47.3 Å². The van der Waals surface area contributed by atoms with E-state index in [0.717, 1.165) is 5.69 Å². The molecule has 0 saturated heterocycles. The highest BCUT2D eigenvalue weighted by Crippen LogP contribution is 2.16. The number of hydrogen-bond acceptors (Lipinski definition) is 6. The van der Waals surface area contributed by atoms with Gasteiger partial charge >= 0.3 is 0 Å². The van der Waals surface area contributed by atoms with Gasteiger partial charge in [0, 0.05) is 47.4 Å². The highest BCUT2D eigenvalue weighted by molar-refractivity contribution is 7.13.